The van der Waals surface area contributed by atoms with Gasteiger partial charge in [-0.25, -0.2) is 9.29 Å². The maximum Gasteiger partial charge on any atom is 0.303 e. The molecule has 222 valence electrons. The maximum atomic E-state index is 14.9. The fraction of sp³-hybridized carbons (Fsp3) is 0.423. The molecule has 0 spiro atoms. The molecule has 7 N–H and O–H groups in total. The predicted octanol–water partition coefficient (Wildman–Crippen LogP) is -2.62. The number of ether oxygens (including phenoxy) is 2. The van der Waals surface area contributed by atoms with Crippen molar-refractivity contribution in [3.8, 4) is 0 Å². The SMILES string of the molecule is C\C=C/C=C1/C(=O)N(C2C(=O)NC(=O)C(O)(O)C2(O)O)C/C1=C\OCc1ccc(C(O)(O)N2CCOCC2)cc1F. The molecule has 14 nitrogen and oxygen atoms in total. The zero-order valence-electron chi connectivity index (χ0n) is 21.9. The van der Waals surface area contributed by atoms with Crippen LogP contribution in [0.2, 0.25) is 0 Å². The Morgan fingerprint density at radius 2 is 1.85 bits per heavy atom. The highest BCUT2D eigenvalue weighted by Crippen LogP contribution is 2.35. The van der Waals surface area contributed by atoms with Gasteiger partial charge in [0.25, 0.3) is 29.4 Å². The first-order valence-corrected chi connectivity index (χ1v) is 12.5. The van der Waals surface area contributed by atoms with Crippen LogP contribution in [0.1, 0.15) is 18.1 Å². The number of carbonyl (C=O) groups excluding carboxylic acids is 3. The number of likely N-dealkylation sites (tertiary alicyclic amines) is 1. The van der Waals surface area contributed by atoms with E-state index in [0.29, 0.717) is 18.1 Å². The number of nitrogens with zero attached hydrogens (tertiary/aromatic N) is 2. The van der Waals surface area contributed by atoms with E-state index in [-0.39, 0.29) is 42.0 Å². The Morgan fingerprint density at radius 1 is 1.17 bits per heavy atom. The molecule has 0 radical (unpaired) electrons. The van der Waals surface area contributed by atoms with Gasteiger partial charge < -0.3 is 45.0 Å². The Hall–Kier alpha value is -3.54. The van der Waals surface area contributed by atoms with Gasteiger partial charge in [-0.1, -0.05) is 24.3 Å². The zero-order valence-corrected chi connectivity index (χ0v) is 21.9. The number of rotatable bonds is 7. The summed E-state index contributed by atoms with van der Waals surface area (Å²) < 4.78 is 25.5. The Bertz CT molecular complexity index is 1320. The largest absolute Gasteiger partial charge is 0.496 e. The lowest BCUT2D eigenvalue weighted by Gasteiger charge is -2.44. The number of aliphatic hydroxyl groups is 6. The summed E-state index contributed by atoms with van der Waals surface area (Å²) in [5.74, 6) is -14.8. The molecular weight excluding hydrogens is 549 g/mol. The molecule has 4 rings (SSSR count). The molecule has 41 heavy (non-hydrogen) atoms. The highest BCUT2D eigenvalue weighted by Gasteiger charge is 2.67. The summed E-state index contributed by atoms with van der Waals surface area (Å²) in [5, 5.41) is 63.3. The molecule has 0 bridgehead atoms. The number of morpholine rings is 1. The van der Waals surface area contributed by atoms with Crippen LogP contribution >= 0.6 is 0 Å². The van der Waals surface area contributed by atoms with Crippen molar-refractivity contribution in [1.82, 2.24) is 15.1 Å². The molecule has 3 aliphatic heterocycles. The van der Waals surface area contributed by atoms with Crippen molar-refractivity contribution in [2.75, 3.05) is 32.8 Å². The summed E-state index contributed by atoms with van der Waals surface area (Å²) in [6, 6.07) is 1.28. The summed E-state index contributed by atoms with van der Waals surface area (Å²) in [7, 11) is 0. The smallest absolute Gasteiger partial charge is 0.303 e. The molecule has 3 heterocycles. The number of imide groups is 1. The van der Waals surface area contributed by atoms with Crippen LogP contribution in [0.25, 0.3) is 0 Å². The van der Waals surface area contributed by atoms with Crippen LogP contribution in [0.15, 0.2) is 53.8 Å². The minimum atomic E-state index is -3.81. The lowest BCUT2D eigenvalue weighted by atomic mass is 9.90. The molecule has 0 saturated carbocycles. The Balaban J connectivity index is 1.54. The van der Waals surface area contributed by atoms with Gasteiger partial charge >= 0.3 is 5.79 Å². The van der Waals surface area contributed by atoms with Crippen LogP contribution in [0.3, 0.4) is 0 Å². The second-order valence-corrected chi connectivity index (χ2v) is 9.65. The normalized spacial score (nSPS) is 25.4. The van der Waals surface area contributed by atoms with Gasteiger partial charge in [-0.05, 0) is 19.1 Å². The number of amides is 3. The molecule has 1 atom stereocenters. The molecule has 0 aromatic heterocycles. The number of carbonyl (C=O) groups is 3. The van der Waals surface area contributed by atoms with Gasteiger partial charge in [0.05, 0.1) is 26.0 Å². The first-order valence-electron chi connectivity index (χ1n) is 12.5. The van der Waals surface area contributed by atoms with Crippen molar-refractivity contribution >= 4 is 17.7 Å². The third kappa shape index (κ3) is 5.53. The van der Waals surface area contributed by atoms with Crippen LogP contribution in [-0.2, 0) is 36.4 Å². The number of hydrogen-bond donors (Lipinski definition) is 7. The maximum absolute atomic E-state index is 14.9. The van der Waals surface area contributed by atoms with Crippen LogP contribution < -0.4 is 5.32 Å². The van der Waals surface area contributed by atoms with E-state index in [1.54, 1.807) is 18.3 Å². The Morgan fingerprint density at radius 3 is 2.49 bits per heavy atom. The molecule has 1 aromatic rings. The fourth-order valence-corrected chi connectivity index (χ4v) is 4.64. The van der Waals surface area contributed by atoms with E-state index in [4.69, 9.17) is 9.47 Å². The van der Waals surface area contributed by atoms with Crippen LogP contribution in [-0.4, -0.2) is 109 Å². The van der Waals surface area contributed by atoms with Crippen molar-refractivity contribution in [2.45, 2.75) is 37.1 Å². The number of benzene rings is 1. The van der Waals surface area contributed by atoms with Gasteiger partial charge in [0.2, 0.25) is 0 Å². The monoisotopic (exact) mass is 579 g/mol. The van der Waals surface area contributed by atoms with Crippen molar-refractivity contribution in [2.24, 2.45) is 0 Å². The quantitative estimate of drug-likeness (QED) is 0.0767. The van der Waals surface area contributed by atoms with Crippen LogP contribution in [0.4, 0.5) is 4.39 Å². The zero-order chi connectivity index (χ0) is 30.2. The molecule has 1 aromatic carbocycles. The van der Waals surface area contributed by atoms with E-state index >= 15 is 0 Å². The minimum absolute atomic E-state index is 0.0313. The van der Waals surface area contributed by atoms with Crippen LogP contribution in [0.5, 0.6) is 0 Å². The van der Waals surface area contributed by atoms with Gasteiger partial charge in [0, 0.05) is 35.4 Å². The van der Waals surface area contributed by atoms with Crippen molar-refractivity contribution in [3.63, 3.8) is 0 Å². The number of allylic oxidation sites excluding steroid dienone is 3. The number of piperidine rings is 1. The molecule has 1 unspecified atom stereocenters. The van der Waals surface area contributed by atoms with Crippen molar-refractivity contribution in [1.29, 1.82) is 0 Å². The van der Waals surface area contributed by atoms with E-state index in [2.05, 4.69) is 0 Å². The summed E-state index contributed by atoms with van der Waals surface area (Å²) in [6.45, 7) is 1.86. The predicted molar refractivity (Wildman–Crippen MR) is 134 cm³/mol. The highest BCUT2D eigenvalue weighted by atomic mass is 19.1. The van der Waals surface area contributed by atoms with E-state index in [9.17, 15) is 49.4 Å². The van der Waals surface area contributed by atoms with Gasteiger partial charge in [0.1, 0.15) is 12.4 Å². The molecular formula is C26H30FN3O11. The van der Waals surface area contributed by atoms with Gasteiger partial charge in [-0.3, -0.25) is 19.7 Å². The van der Waals surface area contributed by atoms with Gasteiger partial charge in [-0.15, -0.1) is 0 Å². The third-order valence-corrected chi connectivity index (χ3v) is 7.00. The third-order valence-electron chi connectivity index (χ3n) is 7.00. The number of nitrogens with one attached hydrogen (secondary N) is 1. The second-order valence-electron chi connectivity index (χ2n) is 9.65. The molecule has 15 heteroatoms. The summed E-state index contributed by atoms with van der Waals surface area (Å²) in [5.41, 5.74) is -0.0121. The summed E-state index contributed by atoms with van der Waals surface area (Å²) in [6.07, 6.45) is 5.49. The number of halogens is 1. The Kier molecular flexibility index (Phi) is 8.45. The van der Waals surface area contributed by atoms with Crippen molar-refractivity contribution in [3.05, 3.63) is 70.8 Å². The minimum Gasteiger partial charge on any atom is -0.496 e. The first-order chi connectivity index (χ1) is 19.2. The summed E-state index contributed by atoms with van der Waals surface area (Å²) in [4.78, 5) is 39.3. The molecule has 0 aliphatic carbocycles. The topological polar surface area (TPSA) is 210 Å². The van der Waals surface area contributed by atoms with Crippen molar-refractivity contribution < 1.29 is 58.9 Å². The number of hydrogen-bond acceptors (Lipinski definition) is 12. The average Bonchev–Trinajstić information content (AvgIpc) is 3.22. The Labute approximate surface area is 232 Å². The highest BCUT2D eigenvalue weighted by molar-refractivity contribution is 6.09. The fourth-order valence-electron chi connectivity index (χ4n) is 4.64. The first kappa shape index (κ1) is 30.4. The average molecular weight is 580 g/mol. The van der Waals surface area contributed by atoms with E-state index in [1.165, 1.54) is 29.2 Å². The van der Waals surface area contributed by atoms with Crippen LogP contribution in [0, 0.1) is 5.82 Å². The molecule has 3 saturated heterocycles. The molecule has 3 aliphatic rings. The van der Waals surface area contributed by atoms with Gasteiger partial charge in [0.15, 0.2) is 6.04 Å². The van der Waals surface area contributed by atoms with E-state index in [1.807, 2.05) is 0 Å². The van der Waals surface area contributed by atoms with E-state index < -0.39 is 53.6 Å². The lowest BCUT2D eigenvalue weighted by Crippen LogP contribution is -2.79. The van der Waals surface area contributed by atoms with Gasteiger partial charge in [-0.2, -0.15) is 0 Å². The second kappa shape index (κ2) is 11.4. The standard InChI is InChI=1S/C26H30FN3O11/c1-2-3-4-18-16(12-30(22(18)32)20-21(31)28-23(33)25(36,37)24(20,34)35)14-41-13-15-5-6-17(11-19(15)27)26(38,39)29-7-9-40-10-8-29/h2-6,11,14,20,34-39H,7-10,12-13H2,1H3,(H,28,31,33)/b3-2-,16-14+,18-4+. The van der Waals surface area contributed by atoms with E-state index in [0.717, 1.165) is 12.3 Å². The summed E-state index contributed by atoms with van der Waals surface area (Å²) >= 11 is 0. The molecule has 3 fully saturated rings. The molecule has 3 amide bonds. The lowest BCUT2D eigenvalue weighted by molar-refractivity contribution is -0.355.